The second-order valence-electron chi connectivity index (χ2n) is 6.14. The first-order valence-corrected chi connectivity index (χ1v) is 8.15. The van der Waals surface area contributed by atoms with Crippen LogP contribution < -0.4 is 5.32 Å². The van der Waals surface area contributed by atoms with E-state index >= 15 is 0 Å². The van der Waals surface area contributed by atoms with E-state index in [1.54, 1.807) is 6.92 Å². The van der Waals surface area contributed by atoms with Crippen molar-refractivity contribution in [3.05, 3.63) is 41.7 Å². The van der Waals surface area contributed by atoms with Gasteiger partial charge in [-0.25, -0.2) is 4.68 Å². The van der Waals surface area contributed by atoms with E-state index in [0.29, 0.717) is 6.61 Å². The number of aromatic nitrogens is 2. The Kier molecular flexibility index (Phi) is 4.90. The molecule has 1 aromatic heterocycles. The van der Waals surface area contributed by atoms with E-state index in [9.17, 15) is 23.1 Å². The lowest BCUT2D eigenvalue weighted by Crippen LogP contribution is -2.41. The van der Waals surface area contributed by atoms with Crippen LogP contribution in [0.25, 0.3) is 5.69 Å². The van der Waals surface area contributed by atoms with Gasteiger partial charge in [-0.1, -0.05) is 12.1 Å². The molecule has 1 amide bonds. The first kappa shape index (κ1) is 18.2. The average Bonchev–Trinajstić information content (AvgIpc) is 3.23. The fourth-order valence-corrected chi connectivity index (χ4v) is 2.93. The molecule has 3 rings (SSSR count). The number of alkyl halides is 3. The molecule has 26 heavy (non-hydrogen) atoms. The third kappa shape index (κ3) is 3.67. The molecule has 2 heterocycles. The molecule has 2 atom stereocenters. The Morgan fingerprint density at radius 3 is 2.81 bits per heavy atom. The summed E-state index contributed by atoms with van der Waals surface area (Å²) in [5.74, 6) is -1.17. The number of benzene rings is 1. The number of nitrogens with zero attached hydrogens (tertiary/aromatic N) is 2. The van der Waals surface area contributed by atoms with E-state index in [0.717, 1.165) is 29.8 Å². The summed E-state index contributed by atoms with van der Waals surface area (Å²) in [6.45, 7) is 2.39. The van der Waals surface area contributed by atoms with Gasteiger partial charge in [0.1, 0.15) is 0 Å². The van der Waals surface area contributed by atoms with Crippen molar-refractivity contribution in [3.8, 4) is 11.4 Å². The zero-order valence-electron chi connectivity index (χ0n) is 14.0. The van der Waals surface area contributed by atoms with Crippen molar-refractivity contribution >= 4 is 5.91 Å². The van der Waals surface area contributed by atoms with Gasteiger partial charge in [0, 0.05) is 6.61 Å². The van der Waals surface area contributed by atoms with Gasteiger partial charge in [-0.2, -0.15) is 18.3 Å². The summed E-state index contributed by atoms with van der Waals surface area (Å²) in [5.41, 5.74) is -1.53. The molecular formula is C17H18F3N3O3. The molecule has 1 saturated heterocycles. The maximum absolute atomic E-state index is 13.1. The zero-order valence-corrected chi connectivity index (χ0v) is 14.0. The van der Waals surface area contributed by atoms with Crippen molar-refractivity contribution < 1.29 is 27.8 Å². The highest BCUT2D eigenvalue weighted by Crippen LogP contribution is 2.34. The summed E-state index contributed by atoms with van der Waals surface area (Å²) in [4.78, 5) is 12.3. The topological polar surface area (TPSA) is 76.4 Å². The number of hydrogen-bond acceptors (Lipinski definition) is 4. The number of para-hydroxylation sites is 1. The highest BCUT2D eigenvalue weighted by atomic mass is 19.4. The molecular weight excluding hydrogens is 351 g/mol. The summed E-state index contributed by atoms with van der Waals surface area (Å²) in [6.07, 6.45) is -2.03. The Balaban J connectivity index is 1.85. The number of nitrogens with one attached hydrogen (secondary N) is 1. The molecule has 1 aromatic carbocycles. The van der Waals surface area contributed by atoms with E-state index in [4.69, 9.17) is 4.74 Å². The number of carbonyl (C=O) groups is 1. The van der Waals surface area contributed by atoms with Crippen molar-refractivity contribution in [1.82, 2.24) is 15.1 Å². The second kappa shape index (κ2) is 6.99. The number of amides is 1. The maximum atomic E-state index is 13.1. The first-order chi connectivity index (χ1) is 12.3. The number of aromatic hydroxyl groups is 1. The standard InChI is InChI=1S/C17H18F3N3O3/c1-10(14-7-4-8-26-14)21-16(25)15-13(24)9-23(22-15)12-6-3-2-5-11(12)17(18,19)20/h2-3,5-6,9-10,14,24H,4,7-8H2,1H3,(H,21,25)/t10-,14+/m1/s1. The fraction of sp³-hybridized carbons (Fsp3) is 0.412. The van der Waals surface area contributed by atoms with Gasteiger partial charge in [-0.15, -0.1) is 0 Å². The molecule has 2 aromatic rings. The largest absolute Gasteiger partial charge is 0.504 e. The molecule has 2 N–H and O–H groups in total. The van der Waals surface area contributed by atoms with Crippen LogP contribution in [0, 0.1) is 0 Å². The lowest BCUT2D eigenvalue weighted by Gasteiger charge is -2.19. The smallest absolute Gasteiger partial charge is 0.418 e. The van der Waals surface area contributed by atoms with Gasteiger partial charge in [-0.3, -0.25) is 4.79 Å². The molecule has 0 spiro atoms. The van der Waals surface area contributed by atoms with Crippen LogP contribution in [0.5, 0.6) is 5.75 Å². The van der Waals surface area contributed by atoms with E-state index in [1.165, 1.54) is 18.2 Å². The van der Waals surface area contributed by atoms with Gasteiger partial charge in [0.15, 0.2) is 11.4 Å². The van der Waals surface area contributed by atoms with Gasteiger partial charge >= 0.3 is 6.18 Å². The minimum absolute atomic E-state index is 0.130. The molecule has 0 radical (unpaired) electrons. The zero-order chi connectivity index (χ0) is 18.9. The number of hydrogen-bond donors (Lipinski definition) is 2. The number of ether oxygens (including phenoxy) is 1. The van der Waals surface area contributed by atoms with Gasteiger partial charge in [0.2, 0.25) is 0 Å². The van der Waals surface area contributed by atoms with E-state index in [2.05, 4.69) is 10.4 Å². The lowest BCUT2D eigenvalue weighted by molar-refractivity contribution is -0.137. The Labute approximate surface area is 147 Å². The highest BCUT2D eigenvalue weighted by molar-refractivity contribution is 5.95. The summed E-state index contributed by atoms with van der Waals surface area (Å²) < 4.78 is 45.8. The van der Waals surface area contributed by atoms with Crippen molar-refractivity contribution in [1.29, 1.82) is 0 Å². The van der Waals surface area contributed by atoms with Crippen LogP contribution in [0.2, 0.25) is 0 Å². The Morgan fingerprint density at radius 1 is 1.42 bits per heavy atom. The lowest BCUT2D eigenvalue weighted by atomic mass is 10.1. The summed E-state index contributed by atoms with van der Waals surface area (Å²) in [5, 5.41) is 16.5. The molecule has 0 aliphatic carbocycles. The van der Waals surface area contributed by atoms with Crippen LogP contribution in [0.3, 0.4) is 0 Å². The molecule has 6 nitrogen and oxygen atoms in total. The van der Waals surface area contributed by atoms with Crippen LogP contribution in [-0.2, 0) is 10.9 Å². The second-order valence-corrected chi connectivity index (χ2v) is 6.14. The predicted octanol–water partition coefficient (Wildman–Crippen LogP) is 2.89. The third-order valence-corrected chi connectivity index (χ3v) is 4.25. The van der Waals surface area contributed by atoms with Gasteiger partial charge in [0.25, 0.3) is 5.91 Å². The van der Waals surface area contributed by atoms with Gasteiger partial charge in [0.05, 0.1) is 29.6 Å². The minimum atomic E-state index is -4.59. The summed E-state index contributed by atoms with van der Waals surface area (Å²) in [6, 6.07) is 4.49. The highest BCUT2D eigenvalue weighted by Gasteiger charge is 2.34. The number of halogens is 3. The van der Waals surface area contributed by atoms with Gasteiger partial charge in [-0.05, 0) is 31.9 Å². The number of rotatable bonds is 4. The van der Waals surface area contributed by atoms with Crippen molar-refractivity contribution in [2.24, 2.45) is 0 Å². The molecule has 0 unspecified atom stereocenters. The number of carbonyl (C=O) groups excluding carboxylic acids is 1. The van der Waals surface area contributed by atoms with Crippen LogP contribution in [0.1, 0.15) is 35.8 Å². The molecule has 9 heteroatoms. The SMILES string of the molecule is C[C@@H](NC(=O)c1nn(-c2ccccc2C(F)(F)F)cc1O)[C@@H]1CCCO1. The van der Waals surface area contributed by atoms with Crippen LogP contribution >= 0.6 is 0 Å². The van der Waals surface area contributed by atoms with E-state index < -0.39 is 23.4 Å². The molecule has 0 saturated carbocycles. The molecule has 1 aliphatic heterocycles. The summed E-state index contributed by atoms with van der Waals surface area (Å²) >= 11 is 0. The van der Waals surface area contributed by atoms with E-state index in [1.807, 2.05) is 0 Å². The average molecular weight is 369 g/mol. The predicted molar refractivity (Wildman–Crippen MR) is 86.1 cm³/mol. The Hall–Kier alpha value is -2.55. The Morgan fingerprint density at radius 2 is 2.15 bits per heavy atom. The summed E-state index contributed by atoms with van der Waals surface area (Å²) in [7, 11) is 0. The molecule has 1 fully saturated rings. The van der Waals surface area contributed by atoms with Crippen LogP contribution in [0.15, 0.2) is 30.5 Å². The quantitative estimate of drug-likeness (QED) is 0.869. The van der Waals surface area contributed by atoms with Gasteiger partial charge < -0.3 is 15.2 Å². The molecule has 0 bridgehead atoms. The van der Waals surface area contributed by atoms with E-state index in [-0.39, 0.29) is 23.5 Å². The van der Waals surface area contributed by atoms with Crippen LogP contribution in [-0.4, -0.2) is 39.5 Å². The van der Waals surface area contributed by atoms with Crippen molar-refractivity contribution in [3.63, 3.8) is 0 Å². The molecule has 140 valence electrons. The van der Waals surface area contributed by atoms with Crippen LogP contribution in [0.4, 0.5) is 13.2 Å². The maximum Gasteiger partial charge on any atom is 0.418 e. The van der Waals surface area contributed by atoms with Crippen molar-refractivity contribution in [2.45, 2.75) is 38.1 Å². The third-order valence-electron chi connectivity index (χ3n) is 4.25. The fourth-order valence-electron chi connectivity index (χ4n) is 2.93. The Bertz CT molecular complexity index is 798. The van der Waals surface area contributed by atoms with Crippen molar-refractivity contribution in [2.75, 3.05) is 6.61 Å². The normalized spacial score (nSPS) is 18.7. The molecule has 1 aliphatic rings. The monoisotopic (exact) mass is 369 g/mol. The minimum Gasteiger partial charge on any atom is -0.504 e. The first-order valence-electron chi connectivity index (χ1n) is 8.15.